The van der Waals surface area contributed by atoms with Crippen LogP contribution in [0.3, 0.4) is 0 Å². The lowest BCUT2D eigenvalue weighted by atomic mass is 9.87. The highest BCUT2D eigenvalue weighted by Gasteiger charge is 2.29. The van der Waals surface area contributed by atoms with E-state index < -0.39 is 5.91 Å². The smallest absolute Gasteiger partial charge is 0.290 e. The number of aryl methyl sites for hydroxylation is 2. The van der Waals surface area contributed by atoms with Crippen molar-refractivity contribution < 1.29 is 14.1 Å². The lowest BCUT2D eigenvalue weighted by Crippen LogP contribution is -2.38. The van der Waals surface area contributed by atoms with E-state index >= 15 is 0 Å². The number of benzene rings is 2. The average molecular weight is 390 g/mol. The van der Waals surface area contributed by atoms with Crippen LogP contribution in [0.15, 0.2) is 34.9 Å². The van der Waals surface area contributed by atoms with Crippen LogP contribution in [0.2, 0.25) is 0 Å². The van der Waals surface area contributed by atoms with E-state index in [0.29, 0.717) is 19.0 Å². The fourth-order valence-corrected chi connectivity index (χ4v) is 4.71. The number of Topliss-reactive ketones (excluding diaryl/α,β-unsaturated/α-hetero) is 1. The second-order valence-electron chi connectivity index (χ2n) is 7.93. The van der Waals surface area contributed by atoms with Crippen molar-refractivity contribution in [3.63, 3.8) is 0 Å². The van der Waals surface area contributed by atoms with E-state index in [1.54, 1.807) is 0 Å². The van der Waals surface area contributed by atoms with E-state index in [-0.39, 0.29) is 17.5 Å². The van der Waals surface area contributed by atoms with Crippen molar-refractivity contribution in [3.05, 3.63) is 58.7 Å². The molecule has 7 nitrogen and oxygen atoms in total. The van der Waals surface area contributed by atoms with Crippen molar-refractivity contribution in [2.24, 2.45) is 11.7 Å². The number of nitrogens with zero attached hydrogens (tertiary/aromatic N) is 3. The molecule has 2 N–H and O–H groups in total. The molecule has 1 aromatic heterocycles. The third kappa shape index (κ3) is 3.21. The van der Waals surface area contributed by atoms with Crippen LogP contribution in [0, 0.1) is 5.92 Å². The van der Waals surface area contributed by atoms with Crippen LogP contribution in [0.1, 0.15) is 50.8 Å². The molecular weight excluding hydrogens is 368 g/mol. The van der Waals surface area contributed by atoms with Crippen molar-refractivity contribution >= 4 is 22.5 Å². The average Bonchev–Trinajstić information content (AvgIpc) is 3.37. The number of piperidine rings is 1. The Morgan fingerprint density at radius 2 is 2.00 bits per heavy atom. The molecule has 1 saturated heterocycles. The SMILES string of the molecule is NC(=O)c1noc(CN2CCC[C@H](C(=O)c3ccc4c5c(cccc35)CC4)C2)n1. The number of rotatable bonds is 5. The van der Waals surface area contributed by atoms with Crippen molar-refractivity contribution in [1.29, 1.82) is 0 Å². The topological polar surface area (TPSA) is 102 Å². The van der Waals surface area contributed by atoms with Gasteiger partial charge in [0.05, 0.1) is 6.54 Å². The van der Waals surface area contributed by atoms with Gasteiger partial charge in [-0.15, -0.1) is 0 Å². The van der Waals surface area contributed by atoms with Crippen LogP contribution in [0.25, 0.3) is 10.8 Å². The molecule has 1 atom stereocenters. The summed E-state index contributed by atoms with van der Waals surface area (Å²) in [4.78, 5) is 30.7. The van der Waals surface area contributed by atoms with Crippen molar-refractivity contribution in [2.45, 2.75) is 32.2 Å². The van der Waals surface area contributed by atoms with E-state index in [1.165, 1.54) is 16.5 Å². The maximum atomic E-state index is 13.4. The molecule has 1 amide bonds. The first-order chi connectivity index (χ1) is 14.1. The van der Waals surface area contributed by atoms with E-state index in [2.05, 4.69) is 39.3 Å². The molecule has 148 valence electrons. The fraction of sp³-hybridized carbons (Fsp3) is 0.364. The first-order valence-electron chi connectivity index (χ1n) is 10.0. The Labute approximate surface area is 167 Å². The van der Waals surface area contributed by atoms with Gasteiger partial charge in [0, 0.05) is 18.0 Å². The number of carbonyl (C=O) groups is 2. The summed E-state index contributed by atoms with van der Waals surface area (Å²) in [6.07, 6.45) is 3.90. The summed E-state index contributed by atoms with van der Waals surface area (Å²) in [6, 6.07) is 10.4. The van der Waals surface area contributed by atoms with Crippen LogP contribution >= 0.6 is 0 Å². The van der Waals surface area contributed by atoms with Crippen LogP contribution in [-0.2, 0) is 19.4 Å². The van der Waals surface area contributed by atoms with Crippen molar-refractivity contribution in [3.8, 4) is 0 Å². The summed E-state index contributed by atoms with van der Waals surface area (Å²) in [5.74, 6) is -0.345. The molecule has 29 heavy (non-hydrogen) atoms. The quantitative estimate of drug-likeness (QED) is 0.672. The second kappa shape index (κ2) is 7.08. The molecule has 1 aliphatic heterocycles. The minimum Gasteiger partial charge on any atom is -0.363 e. The molecule has 0 spiro atoms. The third-order valence-corrected chi connectivity index (χ3v) is 6.07. The number of hydrogen-bond donors (Lipinski definition) is 1. The van der Waals surface area contributed by atoms with Crippen molar-refractivity contribution in [1.82, 2.24) is 15.0 Å². The number of hydrogen-bond acceptors (Lipinski definition) is 6. The lowest BCUT2D eigenvalue weighted by Gasteiger charge is -2.31. The van der Waals surface area contributed by atoms with Gasteiger partial charge in [0.2, 0.25) is 5.89 Å². The number of carbonyl (C=O) groups excluding carboxylic acids is 2. The highest BCUT2D eigenvalue weighted by molar-refractivity contribution is 6.11. The number of primary amides is 1. The molecule has 0 bridgehead atoms. The molecule has 0 radical (unpaired) electrons. The molecule has 5 rings (SSSR count). The van der Waals surface area contributed by atoms with Gasteiger partial charge in [-0.2, -0.15) is 4.98 Å². The molecule has 2 aliphatic rings. The summed E-state index contributed by atoms with van der Waals surface area (Å²) >= 11 is 0. The Morgan fingerprint density at radius 1 is 1.17 bits per heavy atom. The molecule has 2 heterocycles. The van der Waals surface area contributed by atoms with Crippen LogP contribution in [-0.4, -0.2) is 39.8 Å². The zero-order chi connectivity index (χ0) is 20.0. The van der Waals surface area contributed by atoms with Crippen LogP contribution < -0.4 is 5.73 Å². The minimum absolute atomic E-state index is 0.0688. The second-order valence-corrected chi connectivity index (χ2v) is 7.93. The van der Waals surface area contributed by atoms with E-state index in [0.717, 1.165) is 43.2 Å². The van der Waals surface area contributed by atoms with Gasteiger partial charge >= 0.3 is 0 Å². The monoisotopic (exact) mass is 390 g/mol. The third-order valence-electron chi connectivity index (χ3n) is 6.07. The highest BCUT2D eigenvalue weighted by atomic mass is 16.5. The molecule has 7 heteroatoms. The first-order valence-corrected chi connectivity index (χ1v) is 10.0. The standard InChI is InChI=1S/C22H22N4O3/c23-21(28)22-24-18(29-25-22)12-26-10-2-4-15(11-26)20(27)17-9-8-14-7-6-13-3-1-5-16(17)19(13)14/h1,3,5,8-9,15H,2,4,6-7,10-12H2,(H2,23,28)/t15-/m0/s1. The Balaban J connectivity index is 1.36. The molecule has 0 unspecified atom stereocenters. The molecule has 3 aromatic rings. The van der Waals surface area contributed by atoms with E-state index in [1.807, 2.05) is 6.07 Å². The summed E-state index contributed by atoms with van der Waals surface area (Å²) in [5.41, 5.74) is 8.69. The van der Waals surface area contributed by atoms with Gasteiger partial charge < -0.3 is 10.3 Å². The summed E-state index contributed by atoms with van der Waals surface area (Å²) in [5, 5.41) is 5.94. The first kappa shape index (κ1) is 18.0. The Kier molecular flexibility index (Phi) is 4.39. The van der Waals surface area contributed by atoms with E-state index in [9.17, 15) is 9.59 Å². The number of nitrogens with two attached hydrogens (primary N) is 1. The molecular formula is C22H22N4O3. The van der Waals surface area contributed by atoms with Gasteiger partial charge in [-0.25, -0.2) is 0 Å². The number of ketones is 1. The minimum atomic E-state index is -0.709. The highest BCUT2D eigenvalue weighted by Crippen LogP contribution is 2.34. The maximum absolute atomic E-state index is 13.4. The Morgan fingerprint density at radius 3 is 2.79 bits per heavy atom. The zero-order valence-electron chi connectivity index (χ0n) is 16.1. The summed E-state index contributed by atoms with van der Waals surface area (Å²) in [7, 11) is 0. The summed E-state index contributed by atoms with van der Waals surface area (Å²) in [6.45, 7) is 1.89. The zero-order valence-corrected chi connectivity index (χ0v) is 16.1. The fourth-order valence-electron chi connectivity index (χ4n) is 4.71. The molecule has 2 aromatic carbocycles. The van der Waals surface area contributed by atoms with Gasteiger partial charge in [-0.3, -0.25) is 14.5 Å². The number of aromatic nitrogens is 2. The van der Waals surface area contributed by atoms with Gasteiger partial charge in [-0.05, 0) is 54.1 Å². The largest absolute Gasteiger partial charge is 0.363 e. The Bertz CT molecular complexity index is 1110. The van der Waals surface area contributed by atoms with Gasteiger partial charge in [0.15, 0.2) is 5.78 Å². The molecule has 1 aliphatic carbocycles. The van der Waals surface area contributed by atoms with Gasteiger partial charge in [-0.1, -0.05) is 35.5 Å². The number of likely N-dealkylation sites (tertiary alicyclic amines) is 1. The Hall–Kier alpha value is -3.06. The van der Waals surface area contributed by atoms with Gasteiger partial charge in [0.1, 0.15) is 0 Å². The predicted octanol–water partition coefficient (Wildman–Crippen LogP) is 2.52. The predicted molar refractivity (Wildman–Crippen MR) is 107 cm³/mol. The normalized spacial score (nSPS) is 19.0. The van der Waals surface area contributed by atoms with E-state index in [4.69, 9.17) is 10.3 Å². The van der Waals surface area contributed by atoms with Crippen molar-refractivity contribution in [2.75, 3.05) is 13.1 Å². The van der Waals surface area contributed by atoms with Crippen LogP contribution in [0.4, 0.5) is 0 Å². The van der Waals surface area contributed by atoms with Gasteiger partial charge in [0.25, 0.3) is 11.7 Å². The number of amides is 1. The lowest BCUT2D eigenvalue weighted by molar-refractivity contribution is 0.0798. The molecule has 0 saturated carbocycles. The van der Waals surface area contributed by atoms with Crippen LogP contribution in [0.5, 0.6) is 0 Å². The maximum Gasteiger partial charge on any atom is 0.290 e. The molecule has 1 fully saturated rings. The summed E-state index contributed by atoms with van der Waals surface area (Å²) < 4.78 is 5.11.